The minimum atomic E-state index is -0.174. The minimum absolute atomic E-state index is 0.0602. The number of rotatable bonds is 1. The van der Waals surface area contributed by atoms with Crippen molar-refractivity contribution >= 4 is 5.91 Å². The second-order valence-electron chi connectivity index (χ2n) is 2.64. The molecule has 0 aromatic carbocycles. The molecule has 3 nitrogen and oxygen atoms in total. The molecule has 0 spiro atoms. The Morgan fingerprint density at radius 1 is 1.67 bits per heavy atom. The molecule has 1 aliphatic heterocycles. The molecular formula is C6H12N2O. The van der Waals surface area contributed by atoms with E-state index in [4.69, 9.17) is 5.73 Å². The van der Waals surface area contributed by atoms with Gasteiger partial charge in [0.1, 0.15) is 0 Å². The van der Waals surface area contributed by atoms with E-state index in [2.05, 4.69) is 5.32 Å². The third-order valence-corrected chi connectivity index (χ3v) is 1.88. The Balaban J connectivity index is 2.49. The summed E-state index contributed by atoms with van der Waals surface area (Å²) >= 11 is 0. The molecule has 0 bridgehead atoms. The molecule has 9 heavy (non-hydrogen) atoms. The molecule has 52 valence electrons. The van der Waals surface area contributed by atoms with Gasteiger partial charge in [-0.15, -0.1) is 0 Å². The number of amides is 1. The van der Waals surface area contributed by atoms with Gasteiger partial charge >= 0.3 is 0 Å². The van der Waals surface area contributed by atoms with E-state index in [1.807, 2.05) is 6.92 Å². The Morgan fingerprint density at radius 2 is 2.33 bits per heavy atom. The van der Waals surface area contributed by atoms with Crippen LogP contribution < -0.4 is 11.1 Å². The summed E-state index contributed by atoms with van der Waals surface area (Å²) in [6.07, 6.45) is 0. The van der Waals surface area contributed by atoms with Gasteiger partial charge in [0.15, 0.2) is 0 Å². The number of hydrogen-bond acceptors (Lipinski definition) is 2. The summed E-state index contributed by atoms with van der Waals surface area (Å²) in [5, 5.41) is 3.10. The largest absolute Gasteiger partial charge is 0.369 e. The van der Waals surface area contributed by atoms with Gasteiger partial charge in [0.2, 0.25) is 5.91 Å². The predicted octanol–water partition coefficient (Wildman–Crippen LogP) is -0.673. The Bertz CT molecular complexity index is 124. The van der Waals surface area contributed by atoms with Crippen molar-refractivity contribution in [1.29, 1.82) is 0 Å². The maximum Gasteiger partial charge on any atom is 0.222 e. The maximum absolute atomic E-state index is 10.6. The van der Waals surface area contributed by atoms with Gasteiger partial charge in [0, 0.05) is 6.54 Å². The zero-order valence-electron chi connectivity index (χ0n) is 5.55. The Kier molecular flexibility index (Phi) is 1.71. The summed E-state index contributed by atoms with van der Waals surface area (Å²) in [5.41, 5.74) is 5.11. The lowest BCUT2D eigenvalue weighted by Gasteiger charge is -2.07. The molecular weight excluding hydrogens is 116 g/mol. The molecule has 0 saturated carbocycles. The summed E-state index contributed by atoms with van der Waals surface area (Å²) in [5.74, 6) is 0.306. The first kappa shape index (κ1) is 6.55. The first-order chi connectivity index (χ1) is 4.22. The summed E-state index contributed by atoms with van der Waals surface area (Å²) in [6, 6.07) is 0. The van der Waals surface area contributed by atoms with Crippen LogP contribution in [-0.4, -0.2) is 19.0 Å². The third-order valence-electron chi connectivity index (χ3n) is 1.88. The number of nitrogens with two attached hydrogens (primary N) is 1. The van der Waals surface area contributed by atoms with Gasteiger partial charge < -0.3 is 11.1 Å². The van der Waals surface area contributed by atoms with Crippen LogP contribution in [0.15, 0.2) is 0 Å². The van der Waals surface area contributed by atoms with Crippen molar-refractivity contribution in [3.05, 3.63) is 0 Å². The first-order valence-electron chi connectivity index (χ1n) is 3.22. The van der Waals surface area contributed by atoms with E-state index in [0.717, 1.165) is 13.1 Å². The van der Waals surface area contributed by atoms with Crippen LogP contribution in [0.1, 0.15) is 6.92 Å². The number of nitrogens with one attached hydrogen (secondary N) is 1. The second-order valence-corrected chi connectivity index (χ2v) is 2.64. The van der Waals surface area contributed by atoms with E-state index in [-0.39, 0.29) is 11.8 Å². The van der Waals surface area contributed by atoms with E-state index in [1.54, 1.807) is 0 Å². The van der Waals surface area contributed by atoms with Gasteiger partial charge in [-0.2, -0.15) is 0 Å². The Morgan fingerprint density at radius 3 is 2.56 bits per heavy atom. The van der Waals surface area contributed by atoms with E-state index in [0.29, 0.717) is 5.92 Å². The molecule has 0 aromatic heterocycles. The molecule has 0 unspecified atom stereocenters. The van der Waals surface area contributed by atoms with Crippen molar-refractivity contribution in [3.63, 3.8) is 0 Å². The maximum atomic E-state index is 10.6. The molecule has 3 heteroatoms. The fourth-order valence-electron chi connectivity index (χ4n) is 1.19. The van der Waals surface area contributed by atoms with Crippen molar-refractivity contribution in [2.45, 2.75) is 6.92 Å². The van der Waals surface area contributed by atoms with Crippen molar-refractivity contribution in [1.82, 2.24) is 5.32 Å². The lowest BCUT2D eigenvalue weighted by molar-refractivity contribution is -0.122. The number of primary amides is 1. The van der Waals surface area contributed by atoms with Gasteiger partial charge in [0.25, 0.3) is 0 Å². The van der Waals surface area contributed by atoms with Crippen LogP contribution in [0.3, 0.4) is 0 Å². The topological polar surface area (TPSA) is 55.1 Å². The van der Waals surface area contributed by atoms with Crippen LogP contribution in [0.4, 0.5) is 0 Å². The van der Waals surface area contributed by atoms with E-state index in [9.17, 15) is 4.79 Å². The smallest absolute Gasteiger partial charge is 0.222 e. The van der Waals surface area contributed by atoms with Crippen LogP contribution in [-0.2, 0) is 4.79 Å². The lowest BCUT2D eigenvalue weighted by atomic mass is 9.98. The van der Waals surface area contributed by atoms with E-state index in [1.165, 1.54) is 0 Å². The summed E-state index contributed by atoms with van der Waals surface area (Å²) in [6.45, 7) is 3.72. The Labute approximate surface area is 54.6 Å². The summed E-state index contributed by atoms with van der Waals surface area (Å²) in [4.78, 5) is 10.6. The molecule has 0 aromatic rings. The molecule has 1 rings (SSSR count). The third kappa shape index (κ3) is 1.21. The van der Waals surface area contributed by atoms with Gasteiger partial charge in [0.05, 0.1) is 5.92 Å². The zero-order chi connectivity index (χ0) is 6.85. The van der Waals surface area contributed by atoms with Crippen molar-refractivity contribution in [2.24, 2.45) is 17.6 Å². The van der Waals surface area contributed by atoms with Gasteiger partial charge in [-0.3, -0.25) is 4.79 Å². The molecule has 1 amide bonds. The SMILES string of the molecule is C[C@@H]1CNC[C@@H]1C(N)=O. The minimum Gasteiger partial charge on any atom is -0.369 e. The van der Waals surface area contributed by atoms with Crippen LogP contribution in [0.2, 0.25) is 0 Å². The highest BCUT2D eigenvalue weighted by Crippen LogP contribution is 2.14. The molecule has 1 fully saturated rings. The van der Waals surface area contributed by atoms with Crippen LogP contribution in [0, 0.1) is 11.8 Å². The quantitative estimate of drug-likeness (QED) is 0.492. The van der Waals surface area contributed by atoms with Crippen molar-refractivity contribution in [2.75, 3.05) is 13.1 Å². The highest BCUT2D eigenvalue weighted by Gasteiger charge is 2.27. The van der Waals surface area contributed by atoms with Crippen LogP contribution in [0.5, 0.6) is 0 Å². The highest BCUT2D eigenvalue weighted by molar-refractivity contribution is 5.77. The fourth-order valence-corrected chi connectivity index (χ4v) is 1.19. The monoisotopic (exact) mass is 128 g/mol. The first-order valence-corrected chi connectivity index (χ1v) is 3.22. The fraction of sp³-hybridized carbons (Fsp3) is 0.833. The average Bonchev–Trinajstić information content (AvgIpc) is 2.13. The van der Waals surface area contributed by atoms with Gasteiger partial charge in [-0.1, -0.05) is 6.92 Å². The van der Waals surface area contributed by atoms with E-state index < -0.39 is 0 Å². The van der Waals surface area contributed by atoms with Gasteiger partial charge in [-0.05, 0) is 12.5 Å². The Hall–Kier alpha value is -0.570. The molecule has 0 aliphatic carbocycles. The van der Waals surface area contributed by atoms with Gasteiger partial charge in [-0.25, -0.2) is 0 Å². The average molecular weight is 128 g/mol. The molecule has 3 N–H and O–H groups in total. The van der Waals surface area contributed by atoms with Crippen LogP contribution in [0.25, 0.3) is 0 Å². The van der Waals surface area contributed by atoms with Crippen LogP contribution >= 0.6 is 0 Å². The zero-order valence-corrected chi connectivity index (χ0v) is 5.55. The standard InChI is InChI=1S/C6H12N2O/c1-4-2-8-3-5(4)6(7)9/h4-5,8H,2-3H2,1H3,(H2,7,9)/t4-,5+/m1/s1. The van der Waals surface area contributed by atoms with Crippen molar-refractivity contribution in [3.8, 4) is 0 Å². The molecule has 0 radical (unpaired) electrons. The lowest BCUT2D eigenvalue weighted by Crippen LogP contribution is -2.28. The highest BCUT2D eigenvalue weighted by atomic mass is 16.1. The molecule has 2 atom stereocenters. The number of carbonyl (C=O) groups is 1. The number of carbonyl (C=O) groups excluding carboxylic acids is 1. The van der Waals surface area contributed by atoms with Crippen molar-refractivity contribution < 1.29 is 4.79 Å². The number of hydrogen-bond donors (Lipinski definition) is 2. The molecule has 1 heterocycles. The molecule has 1 aliphatic rings. The summed E-state index contributed by atoms with van der Waals surface area (Å²) in [7, 11) is 0. The second kappa shape index (κ2) is 2.35. The molecule has 1 saturated heterocycles. The predicted molar refractivity (Wildman–Crippen MR) is 34.7 cm³/mol. The normalized spacial score (nSPS) is 34.8. The van der Waals surface area contributed by atoms with E-state index >= 15 is 0 Å². The summed E-state index contributed by atoms with van der Waals surface area (Å²) < 4.78 is 0.